The standard InChI is InChI=1S/C74H68N2O2/c1-5-21-47(22-6-1)53-33-17-35-57-59-37-19-39-65(73(59)77-71(53)57)75(51-29-9-3-10-30-51)67-45-63(49-25-13-14-26-49)55-42-44-62-68(46-64(50-27-15-16-28-50)56-41-43-61(67)69(55)70(56)62)76(52-31-11-4-12-32-52)66-40-20-38-60-58-36-18-34-54(72(58)78-74(60)66)48-23-7-2-8-24-48/h3-4,9-12,17-20,29-50H,1-2,5-8,13-16,21-28H2. The molecule has 0 aliphatic heterocycles. The maximum absolute atomic E-state index is 7.38. The number of para-hydroxylation sites is 6. The van der Waals surface area contributed by atoms with Crippen LogP contribution in [0.15, 0.2) is 179 Å². The number of nitrogens with zero attached hydrogens (tertiary/aromatic N) is 2. The number of fused-ring (bicyclic) bond motifs is 6. The van der Waals surface area contributed by atoms with Crippen molar-refractivity contribution in [2.24, 2.45) is 0 Å². The predicted octanol–water partition coefficient (Wildman–Crippen LogP) is 22.7. The van der Waals surface area contributed by atoms with Crippen LogP contribution in [0.1, 0.15) is 162 Å². The van der Waals surface area contributed by atoms with E-state index in [1.165, 1.54) is 203 Å². The number of furan rings is 2. The molecule has 16 rings (SSSR count). The largest absolute Gasteiger partial charge is 0.454 e. The van der Waals surface area contributed by atoms with Crippen LogP contribution in [0.25, 0.3) is 76.2 Å². The molecule has 0 atom stereocenters. The van der Waals surface area contributed by atoms with Crippen LogP contribution in [0.3, 0.4) is 0 Å². The highest BCUT2D eigenvalue weighted by Crippen LogP contribution is 2.55. The van der Waals surface area contributed by atoms with Gasteiger partial charge in [-0.1, -0.05) is 186 Å². The summed E-state index contributed by atoms with van der Waals surface area (Å²) in [5, 5.41) is 13.0. The maximum atomic E-state index is 7.38. The van der Waals surface area contributed by atoms with Gasteiger partial charge in [0.25, 0.3) is 0 Å². The molecule has 4 saturated carbocycles. The maximum Gasteiger partial charge on any atom is 0.159 e. The smallest absolute Gasteiger partial charge is 0.159 e. The van der Waals surface area contributed by atoms with Gasteiger partial charge < -0.3 is 18.6 Å². The molecule has 4 aliphatic rings. The zero-order valence-corrected chi connectivity index (χ0v) is 44.9. The highest BCUT2D eigenvalue weighted by molar-refractivity contribution is 6.30. The van der Waals surface area contributed by atoms with Crippen LogP contribution in [-0.2, 0) is 0 Å². The topological polar surface area (TPSA) is 32.8 Å². The first-order valence-electron chi connectivity index (χ1n) is 30.1. The summed E-state index contributed by atoms with van der Waals surface area (Å²) in [5.74, 6) is 2.02. The minimum absolute atomic E-state index is 0.477. The van der Waals surface area contributed by atoms with Crippen molar-refractivity contribution in [2.75, 3.05) is 9.80 Å². The number of hydrogen-bond acceptors (Lipinski definition) is 4. The van der Waals surface area contributed by atoms with E-state index in [0.29, 0.717) is 23.7 Å². The lowest BCUT2D eigenvalue weighted by Gasteiger charge is -2.32. The van der Waals surface area contributed by atoms with Crippen LogP contribution >= 0.6 is 0 Å². The average molecular weight is 1020 g/mol. The van der Waals surface area contributed by atoms with Crippen LogP contribution in [0, 0.1) is 0 Å². The molecule has 0 bridgehead atoms. The van der Waals surface area contributed by atoms with Gasteiger partial charge in [0.2, 0.25) is 0 Å². The molecule has 12 aromatic rings. The zero-order chi connectivity index (χ0) is 51.3. The summed E-state index contributed by atoms with van der Waals surface area (Å²) >= 11 is 0. The van der Waals surface area contributed by atoms with E-state index in [4.69, 9.17) is 8.83 Å². The first-order valence-corrected chi connectivity index (χ1v) is 30.1. The van der Waals surface area contributed by atoms with E-state index >= 15 is 0 Å². The molecule has 0 amide bonds. The van der Waals surface area contributed by atoms with E-state index in [2.05, 4.69) is 180 Å². The molecule has 4 fully saturated rings. The van der Waals surface area contributed by atoms with Crippen molar-refractivity contribution in [3.05, 3.63) is 192 Å². The normalized spacial score (nSPS) is 17.4. The molecule has 0 N–H and O–H groups in total. The lowest BCUT2D eigenvalue weighted by atomic mass is 9.82. The highest BCUT2D eigenvalue weighted by atomic mass is 16.3. The van der Waals surface area contributed by atoms with Crippen LogP contribution < -0.4 is 9.80 Å². The van der Waals surface area contributed by atoms with Gasteiger partial charge in [-0.3, -0.25) is 0 Å². The molecule has 10 aromatic carbocycles. The fourth-order valence-corrected chi connectivity index (χ4v) is 16.0. The third kappa shape index (κ3) is 7.45. The summed E-state index contributed by atoms with van der Waals surface area (Å²) < 4.78 is 14.8. The average Bonchev–Trinajstić information content (AvgIpc) is 4.47. The Kier molecular flexibility index (Phi) is 11.4. The fourth-order valence-electron chi connectivity index (χ4n) is 16.0. The van der Waals surface area contributed by atoms with Crippen LogP contribution in [-0.4, -0.2) is 0 Å². The van der Waals surface area contributed by atoms with Crippen LogP contribution in [0.2, 0.25) is 0 Å². The number of anilines is 6. The van der Waals surface area contributed by atoms with E-state index in [-0.39, 0.29) is 0 Å². The second-order valence-corrected chi connectivity index (χ2v) is 24.0. The number of benzene rings is 10. The minimum Gasteiger partial charge on any atom is -0.454 e. The molecule has 2 aromatic heterocycles. The lowest BCUT2D eigenvalue weighted by Crippen LogP contribution is -2.13. The van der Waals surface area contributed by atoms with Gasteiger partial charge in [0.1, 0.15) is 11.2 Å². The number of rotatable bonds is 10. The molecule has 0 radical (unpaired) electrons. The molecule has 2 heterocycles. The Morgan fingerprint density at radius 2 is 0.590 bits per heavy atom. The van der Waals surface area contributed by atoms with Gasteiger partial charge in [-0.2, -0.15) is 0 Å². The van der Waals surface area contributed by atoms with Gasteiger partial charge in [-0.25, -0.2) is 0 Å². The van der Waals surface area contributed by atoms with Gasteiger partial charge in [-0.05, 0) is 167 Å². The Morgan fingerprint density at radius 1 is 0.256 bits per heavy atom. The lowest BCUT2D eigenvalue weighted by molar-refractivity contribution is 0.442. The Balaban J connectivity index is 0.981. The molecule has 78 heavy (non-hydrogen) atoms. The molecule has 4 heteroatoms. The van der Waals surface area contributed by atoms with E-state index in [9.17, 15) is 0 Å². The highest BCUT2D eigenvalue weighted by Gasteiger charge is 2.32. The van der Waals surface area contributed by atoms with Crippen molar-refractivity contribution >= 4 is 110 Å². The van der Waals surface area contributed by atoms with Gasteiger partial charge in [-0.15, -0.1) is 0 Å². The first kappa shape index (κ1) is 46.5. The van der Waals surface area contributed by atoms with E-state index in [0.717, 1.165) is 45.1 Å². The Morgan fingerprint density at radius 3 is 0.987 bits per heavy atom. The summed E-state index contributed by atoms with van der Waals surface area (Å²) in [6.45, 7) is 0. The van der Waals surface area contributed by atoms with Gasteiger partial charge in [0.05, 0.1) is 22.7 Å². The Bertz CT molecular complexity index is 3930. The molecular weight excluding hydrogens is 949 g/mol. The third-order valence-corrected chi connectivity index (χ3v) is 19.7. The van der Waals surface area contributed by atoms with Gasteiger partial charge in [0.15, 0.2) is 11.2 Å². The first-order chi connectivity index (χ1) is 38.7. The summed E-state index contributed by atoms with van der Waals surface area (Å²) in [5.41, 5.74) is 16.7. The van der Waals surface area contributed by atoms with Crippen LogP contribution in [0.4, 0.5) is 34.1 Å². The van der Waals surface area contributed by atoms with E-state index in [1.807, 2.05) is 0 Å². The minimum atomic E-state index is 0.477. The molecular formula is C74H68N2O2. The SMILES string of the molecule is c1ccc(N(c2cc(C3CCCC3)c3ccc4c(N(c5ccccc5)c5cccc6c5oc5c(C7CCCCC7)cccc56)cc(C5CCCC5)c5ccc2c3c54)c2cccc3c2oc2c(C4CCCCC4)cccc23)cc1. The van der Waals surface area contributed by atoms with Gasteiger partial charge >= 0.3 is 0 Å². The van der Waals surface area contributed by atoms with Crippen molar-refractivity contribution in [3.8, 4) is 0 Å². The van der Waals surface area contributed by atoms with Crippen molar-refractivity contribution in [1.29, 1.82) is 0 Å². The third-order valence-electron chi connectivity index (χ3n) is 19.7. The molecule has 4 aliphatic carbocycles. The predicted molar refractivity (Wildman–Crippen MR) is 328 cm³/mol. The quantitative estimate of drug-likeness (QED) is 0.128. The van der Waals surface area contributed by atoms with Crippen molar-refractivity contribution < 1.29 is 8.83 Å². The van der Waals surface area contributed by atoms with Gasteiger partial charge in [0, 0.05) is 43.7 Å². The fraction of sp³-hybridized carbons (Fsp3) is 0.297. The Labute approximate surface area is 458 Å². The molecule has 0 saturated heterocycles. The monoisotopic (exact) mass is 1020 g/mol. The molecule has 0 spiro atoms. The molecule has 4 nitrogen and oxygen atoms in total. The zero-order valence-electron chi connectivity index (χ0n) is 44.9. The summed E-state index contributed by atoms with van der Waals surface area (Å²) in [6.07, 6.45) is 22.7. The number of hydrogen-bond donors (Lipinski definition) is 0. The molecule has 386 valence electrons. The summed E-state index contributed by atoms with van der Waals surface area (Å²) in [4.78, 5) is 5.13. The summed E-state index contributed by atoms with van der Waals surface area (Å²) in [7, 11) is 0. The second-order valence-electron chi connectivity index (χ2n) is 24.0. The van der Waals surface area contributed by atoms with E-state index < -0.39 is 0 Å². The Hall–Kier alpha value is -7.56. The van der Waals surface area contributed by atoms with Crippen LogP contribution in [0.5, 0.6) is 0 Å². The summed E-state index contributed by atoms with van der Waals surface area (Å²) in [6, 6.07) is 65.1. The van der Waals surface area contributed by atoms with E-state index in [1.54, 1.807) is 0 Å². The second kappa shape index (κ2) is 19.1. The van der Waals surface area contributed by atoms with Crippen molar-refractivity contribution in [3.63, 3.8) is 0 Å². The van der Waals surface area contributed by atoms with Crippen molar-refractivity contribution in [2.45, 2.75) is 139 Å². The molecule has 0 unspecified atom stereocenters. The van der Waals surface area contributed by atoms with Crippen molar-refractivity contribution in [1.82, 2.24) is 0 Å².